The summed E-state index contributed by atoms with van der Waals surface area (Å²) in [5.74, 6) is 1.45. The number of aliphatic hydroxyl groups is 1. The van der Waals surface area contributed by atoms with Gasteiger partial charge in [-0.3, -0.25) is 9.69 Å². The third kappa shape index (κ3) is 6.39. The van der Waals surface area contributed by atoms with Crippen molar-refractivity contribution in [3.8, 4) is 0 Å². The molecule has 1 amide bonds. The molecule has 2 fully saturated rings. The molecule has 0 saturated carbocycles. The maximum absolute atomic E-state index is 12.1. The van der Waals surface area contributed by atoms with Gasteiger partial charge in [0.15, 0.2) is 0 Å². The number of likely N-dealkylation sites (tertiary alicyclic amines) is 1. The van der Waals surface area contributed by atoms with Crippen molar-refractivity contribution in [3.05, 3.63) is 0 Å². The second-order valence-electron chi connectivity index (χ2n) is 7.73. The lowest BCUT2D eigenvalue weighted by Gasteiger charge is -2.45. The molecule has 23 heavy (non-hydrogen) atoms. The summed E-state index contributed by atoms with van der Waals surface area (Å²) in [4.78, 5) is 14.6. The number of halogens is 2. The fourth-order valence-electron chi connectivity index (χ4n) is 3.61. The number of carbonyl (C=O) groups is 1. The molecule has 0 aliphatic carbocycles. The van der Waals surface area contributed by atoms with E-state index in [0.717, 1.165) is 24.9 Å². The summed E-state index contributed by atoms with van der Waals surface area (Å²) in [6, 6.07) is -0.241. The first-order chi connectivity index (χ1) is 9.78. The van der Waals surface area contributed by atoms with E-state index in [2.05, 4.69) is 43.2 Å². The van der Waals surface area contributed by atoms with Crippen LogP contribution in [0.25, 0.3) is 0 Å². The maximum atomic E-state index is 12.1. The van der Waals surface area contributed by atoms with Crippen LogP contribution >= 0.6 is 24.8 Å². The molecule has 2 saturated heterocycles. The van der Waals surface area contributed by atoms with Crippen molar-refractivity contribution in [2.75, 3.05) is 26.2 Å². The molecule has 5 nitrogen and oxygen atoms in total. The van der Waals surface area contributed by atoms with E-state index in [0.29, 0.717) is 19.5 Å². The Morgan fingerprint density at radius 3 is 2.26 bits per heavy atom. The zero-order valence-corrected chi connectivity index (χ0v) is 16.3. The molecule has 0 aromatic carbocycles. The van der Waals surface area contributed by atoms with Crippen molar-refractivity contribution >= 4 is 30.7 Å². The van der Waals surface area contributed by atoms with Crippen LogP contribution in [0.5, 0.6) is 0 Å². The highest BCUT2D eigenvalue weighted by Gasteiger charge is 2.34. The van der Waals surface area contributed by atoms with E-state index in [-0.39, 0.29) is 42.3 Å². The summed E-state index contributed by atoms with van der Waals surface area (Å²) >= 11 is 0. The molecule has 0 radical (unpaired) electrons. The number of hydrogen-bond donors (Lipinski definition) is 3. The van der Waals surface area contributed by atoms with E-state index in [1.54, 1.807) is 0 Å². The number of rotatable bonds is 4. The lowest BCUT2D eigenvalue weighted by molar-refractivity contribution is -0.123. The highest BCUT2D eigenvalue weighted by molar-refractivity contribution is 5.85. The van der Waals surface area contributed by atoms with Gasteiger partial charge in [-0.05, 0) is 38.5 Å². The number of piperidine rings is 1. The largest absolute Gasteiger partial charge is 0.392 e. The van der Waals surface area contributed by atoms with Crippen molar-refractivity contribution in [1.82, 2.24) is 15.5 Å². The molecule has 138 valence electrons. The summed E-state index contributed by atoms with van der Waals surface area (Å²) in [6.45, 7) is 12.4. The van der Waals surface area contributed by atoms with Crippen LogP contribution in [0.4, 0.5) is 0 Å². The molecule has 4 atom stereocenters. The maximum Gasteiger partial charge on any atom is 0.237 e. The normalized spacial score (nSPS) is 31.9. The predicted molar refractivity (Wildman–Crippen MR) is 98.5 cm³/mol. The predicted octanol–water partition coefficient (Wildman–Crippen LogP) is 1.43. The Kier molecular flexibility index (Phi) is 9.39. The molecule has 0 spiro atoms. The van der Waals surface area contributed by atoms with E-state index < -0.39 is 6.10 Å². The standard InChI is InChI=1S/C16H31N3O2.2ClH/c1-11-5-12(2)9-19(8-11)16(3,4)10-18-15(21)14-6-13(20)7-17-14;;/h11-14,17,20H,5-10H2,1-4H3,(H,18,21);2*1H. The monoisotopic (exact) mass is 369 g/mol. The van der Waals surface area contributed by atoms with Crippen molar-refractivity contribution in [3.63, 3.8) is 0 Å². The number of nitrogens with one attached hydrogen (secondary N) is 2. The van der Waals surface area contributed by atoms with Crippen LogP contribution in [0, 0.1) is 11.8 Å². The number of β-amino-alcohol motifs (C(OH)–C–C–N with tert-alkyl or cyclic N) is 1. The number of hydrogen-bond acceptors (Lipinski definition) is 4. The highest BCUT2D eigenvalue weighted by atomic mass is 35.5. The van der Waals surface area contributed by atoms with Crippen LogP contribution in [0.2, 0.25) is 0 Å². The quantitative estimate of drug-likeness (QED) is 0.701. The second-order valence-corrected chi connectivity index (χ2v) is 7.73. The average Bonchev–Trinajstić information content (AvgIpc) is 2.82. The van der Waals surface area contributed by atoms with Crippen molar-refractivity contribution in [2.45, 2.75) is 58.2 Å². The molecule has 0 aromatic rings. The fourth-order valence-corrected chi connectivity index (χ4v) is 3.61. The Morgan fingerprint density at radius 1 is 1.22 bits per heavy atom. The lowest BCUT2D eigenvalue weighted by Crippen LogP contribution is -2.57. The molecule has 7 heteroatoms. The van der Waals surface area contributed by atoms with Crippen LogP contribution in [0.15, 0.2) is 0 Å². The summed E-state index contributed by atoms with van der Waals surface area (Å²) < 4.78 is 0. The van der Waals surface area contributed by atoms with Gasteiger partial charge in [0.1, 0.15) is 0 Å². The number of amides is 1. The zero-order chi connectivity index (χ0) is 15.6. The number of aliphatic hydroxyl groups excluding tert-OH is 1. The summed E-state index contributed by atoms with van der Waals surface area (Å²) in [6.07, 6.45) is 1.42. The van der Waals surface area contributed by atoms with Crippen molar-refractivity contribution < 1.29 is 9.90 Å². The highest BCUT2D eigenvalue weighted by Crippen LogP contribution is 2.26. The van der Waals surface area contributed by atoms with Crippen LogP contribution < -0.4 is 10.6 Å². The van der Waals surface area contributed by atoms with Crippen LogP contribution in [-0.2, 0) is 4.79 Å². The average molecular weight is 370 g/mol. The van der Waals surface area contributed by atoms with Crippen LogP contribution in [0.1, 0.15) is 40.5 Å². The van der Waals surface area contributed by atoms with Crippen LogP contribution in [-0.4, -0.2) is 59.8 Å². The summed E-state index contributed by atoms with van der Waals surface area (Å²) in [5.41, 5.74) is -0.0319. The topological polar surface area (TPSA) is 64.6 Å². The SMILES string of the molecule is CC1CC(C)CN(C(C)(C)CNC(=O)C2CC(O)CN2)C1.Cl.Cl. The first-order valence-electron chi connectivity index (χ1n) is 8.22. The minimum atomic E-state index is -0.391. The fraction of sp³-hybridized carbons (Fsp3) is 0.938. The molecular weight excluding hydrogens is 337 g/mol. The van der Waals surface area contributed by atoms with Gasteiger partial charge >= 0.3 is 0 Å². The van der Waals surface area contributed by atoms with Gasteiger partial charge in [0, 0.05) is 31.7 Å². The van der Waals surface area contributed by atoms with E-state index in [9.17, 15) is 9.90 Å². The molecule has 2 rings (SSSR count). The minimum Gasteiger partial charge on any atom is -0.392 e. The molecule has 0 aromatic heterocycles. The first kappa shape index (κ1) is 22.9. The number of carbonyl (C=O) groups excluding carboxylic acids is 1. The van der Waals surface area contributed by atoms with Gasteiger partial charge in [-0.15, -0.1) is 24.8 Å². The Bertz CT molecular complexity index is 372. The Hall–Kier alpha value is -0.0700. The first-order valence-corrected chi connectivity index (χ1v) is 8.22. The Balaban J connectivity index is 0.00000242. The molecule has 3 N–H and O–H groups in total. The summed E-state index contributed by atoms with van der Waals surface area (Å²) in [7, 11) is 0. The number of nitrogens with zero attached hydrogens (tertiary/aromatic N) is 1. The zero-order valence-electron chi connectivity index (χ0n) is 14.7. The van der Waals surface area contributed by atoms with Gasteiger partial charge in [0.2, 0.25) is 5.91 Å². The van der Waals surface area contributed by atoms with Gasteiger partial charge in [0.05, 0.1) is 12.1 Å². The molecule has 2 aliphatic heterocycles. The molecule has 4 unspecified atom stereocenters. The van der Waals surface area contributed by atoms with Gasteiger partial charge < -0.3 is 15.7 Å². The molecular formula is C16H33Cl2N3O2. The van der Waals surface area contributed by atoms with Crippen molar-refractivity contribution in [1.29, 1.82) is 0 Å². The Morgan fingerprint density at radius 2 is 1.78 bits per heavy atom. The molecule has 2 aliphatic rings. The van der Waals surface area contributed by atoms with Gasteiger partial charge in [0.25, 0.3) is 0 Å². The third-order valence-electron chi connectivity index (χ3n) is 4.84. The molecule has 0 bridgehead atoms. The van der Waals surface area contributed by atoms with E-state index in [4.69, 9.17) is 0 Å². The molecule has 2 heterocycles. The third-order valence-corrected chi connectivity index (χ3v) is 4.84. The van der Waals surface area contributed by atoms with Crippen LogP contribution in [0.3, 0.4) is 0 Å². The second kappa shape index (κ2) is 9.42. The van der Waals surface area contributed by atoms with Crippen molar-refractivity contribution in [2.24, 2.45) is 11.8 Å². The summed E-state index contributed by atoms with van der Waals surface area (Å²) in [5, 5.41) is 15.6. The van der Waals surface area contributed by atoms with Gasteiger partial charge in [-0.1, -0.05) is 13.8 Å². The Labute approximate surface area is 152 Å². The lowest BCUT2D eigenvalue weighted by atomic mass is 9.88. The minimum absolute atomic E-state index is 0. The smallest absolute Gasteiger partial charge is 0.237 e. The van der Waals surface area contributed by atoms with E-state index >= 15 is 0 Å². The van der Waals surface area contributed by atoms with Gasteiger partial charge in [-0.25, -0.2) is 0 Å². The van der Waals surface area contributed by atoms with Gasteiger partial charge in [-0.2, -0.15) is 0 Å². The van der Waals surface area contributed by atoms with E-state index in [1.165, 1.54) is 6.42 Å². The van der Waals surface area contributed by atoms with E-state index in [1.807, 2.05) is 0 Å².